The number of nitrogens with zero attached hydrogens (tertiary/aromatic N) is 3. The summed E-state index contributed by atoms with van der Waals surface area (Å²) < 4.78 is 6.47. The number of carboxylic acid groups (broad SMARTS) is 1. The number of amides is 1. The maximum Gasteiger partial charge on any atom is 0.408 e. The Kier molecular flexibility index (Phi) is 4.69. The van der Waals surface area contributed by atoms with Gasteiger partial charge in [0.05, 0.1) is 6.54 Å². The van der Waals surface area contributed by atoms with Gasteiger partial charge in [-0.15, -0.1) is 0 Å². The minimum atomic E-state index is -1.16. The number of aliphatic carboxylic acids is 1. The molecule has 2 N–H and O–H groups in total. The number of carboxylic acids is 1. The van der Waals surface area contributed by atoms with Crippen molar-refractivity contribution in [3.8, 4) is 0 Å². The topological polar surface area (TPSA) is 106 Å². The van der Waals surface area contributed by atoms with Crippen molar-refractivity contribution >= 4 is 12.1 Å². The van der Waals surface area contributed by atoms with Crippen LogP contribution >= 0.6 is 0 Å². The number of hydrogen-bond donors (Lipinski definition) is 2. The van der Waals surface area contributed by atoms with Crippen molar-refractivity contribution in [2.24, 2.45) is 0 Å². The molecule has 1 amide bonds. The van der Waals surface area contributed by atoms with Crippen LogP contribution in [0.4, 0.5) is 4.79 Å². The number of alkyl carbamates (subject to hydrolysis) is 1. The molecule has 0 aromatic carbocycles. The summed E-state index contributed by atoms with van der Waals surface area (Å²) in [4.78, 5) is 26.9. The highest BCUT2D eigenvalue weighted by Gasteiger charge is 2.25. The van der Waals surface area contributed by atoms with Gasteiger partial charge < -0.3 is 15.2 Å². The van der Waals surface area contributed by atoms with Crippen LogP contribution < -0.4 is 5.32 Å². The SMILES string of the molecule is Cc1nc(C)n(CC(NC(=O)OC(C)(C)C)C(=O)O)n1. The molecular formula is C12H20N4O4. The molecule has 1 unspecified atom stereocenters. The zero-order valence-corrected chi connectivity index (χ0v) is 12.3. The zero-order valence-electron chi connectivity index (χ0n) is 12.3. The van der Waals surface area contributed by atoms with Gasteiger partial charge in [0.15, 0.2) is 0 Å². The zero-order chi connectivity index (χ0) is 15.5. The Morgan fingerprint density at radius 3 is 2.40 bits per heavy atom. The lowest BCUT2D eigenvalue weighted by Gasteiger charge is -2.22. The molecule has 0 spiro atoms. The number of nitrogens with one attached hydrogen (secondary N) is 1. The van der Waals surface area contributed by atoms with Crippen molar-refractivity contribution < 1.29 is 19.4 Å². The Hall–Kier alpha value is -2.12. The van der Waals surface area contributed by atoms with E-state index in [4.69, 9.17) is 9.84 Å². The van der Waals surface area contributed by atoms with Crippen molar-refractivity contribution in [2.75, 3.05) is 0 Å². The Bertz CT molecular complexity index is 504. The molecule has 20 heavy (non-hydrogen) atoms. The van der Waals surface area contributed by atoms with E-state index in [1.54, 1.807) is 34.6 Å². The third-order valence-corrected chi connectivity index (χ3v) is 2.31. The van der Waals surface area contributed by atoms with E-state index in [1.165, 1.54) is 4.68 Å². The Balaban J connectivity index is 2.73. The lowest BCUT2D eigenvalue weighted by molar-refractivity contribution is -0.139. The Labute approximate surface area is 117 Å². The summed E-state index contributed by atoms with van der Waals surface area (Å²) in [5.41, 5.74) is -0.688. The fourth-order valence-corrected chi connectivity index (χ4v) is 1.54. The molecule has 0 aliphatic carbocycles. The summed E-state index contributed by atoms with van der Waals surface area (Å²) in [6, 6.07) is -1.13. The van der Waals surface area contributed by atoms with Crippen LogP contribution in [0.25, 0.3) is 0 Å². The molecule has 112 valence electrons. The van der Waals surface area contributed by atoms with E-state index in [9.17, 15) is 9.59 Å². The van der Waals surface area contributed by atoms with Crippen LogP contribution in [-0.4, -0.2) is 43.6 Å². The molecule has 1 heterocycles. The van der Waals surface area contributed by atoms with E-state index in [0.29, 0.717) is 11.6 Å². The Morgan fingerprint density at radius 2 is 2.00 bits per heavy atom. The molecule has 0 saturated carbocycles. The van der Waals surface area contributed by atoms with Gasteiger partial charge in [-0.25, -0.2) is 19.3 Å². The fourth-order valence-electron chi connectivity index (χ4n) is 1.54. The molecule has 1 atom stereocenters. The molecule has 8 heteroatoms. The number of rotatable bonds is 4. The molecule has 0 bridgehead atoms. The molecule has 1 aromatic heterocycles. The van der Waals surface area contributed by atoms with Crippen LogP contribution in [0.5, 0.6) is 0 Å². The molecule has 0 saturated heterocycles. The maximum atomic E-state index is 11.6. The highest BCUT2D eigenvalue weighted by molar-refractivity contribution is 5.79. The number of carbonyl (C=O) groups excluding carboxylic acids is 1. The first kappa shape index (κ1) is 15.9. The van der Waals surface area contributed by atoms with Crippen LogP contribution in [-0.2, 0) is 16.1 Å². The largest absolute Gasteiger partial charge is 0.480 e. The second kappa shape index (κ2) is 5.89. The molecule has 0 aliphatic rings. The summed E-state index contributed by atoms with van der Waals surface area (Å²) in [6.07, 6.45) is -0.778. The highest BCUT2D eigenvalue weighted by atomic mass is 16.6. The second-order valence-corrected chi connectivity index (χ2v) is 5.43. The van der Waals surface area contributed by atoms with Crippen molar-refractivity contribution in [2.45, 2.75) is 52.8 Å². The predicted molar refractivity (Wildman–Crippen MR) is 70.3 cm³/mol. The normalized spacial score (nSPS) is 12.8. The Morgan fingerprint density at radius 1 is 1.40 bits per heavy atom. The summed E-state index contributed by atoms with van der Waals surface area (Å²) in [6.45, 7) is 8.52. The van der Waals surface area contributed by atoms with Crippen LogP contribution in [0.1, 0.15) is 32.4 Å². The first-order valence-electron chi connectivity index (χ1n) is 6.19. The van der Waals surface area contributed by atoms with Gasteiger partial charge in [-0.05, 0) is 34.6 Å². The smallest absolute Gasteiger partial charge is 0.408 e. The van der Waals surface area contributed by atoms with Gasteiger partial charge in [-0.2, -0.15) is 5.10 Å². The van der Waals surface area contributed by atoms with Crippen LogP contribution in [0, 0.1) is 13.8 Å². The number of ether oxygens (including phenoxy) is 1. The lowest BCUT2D eigenvalue weighted by atomic mass is 10.2. The number of aryl methyl sites for hydroxylation is 2. The third kappa shape index (κ3) is 4.87. The molecular weight excluding hydrogens is 264 g/mol. The molecule has 1 aromatic rings. The highest BCUT2D eigenvalue weighted by Crippen LogP contribution is 2.07. The second-order valence-electron chi connectivity index (χ2n) is 5.43. The minimum Gasteiger partial charge on any atom is -0.480 e. The van der Waals surface area contributed by atoms with Gasteiger partial charge in [-0.3, -0.25) is 0 Å². The van der Waals surface area contributed by atoms with Crippen molar-refractivity contribution in [1.82, 2.24) is 20.1 Å². The van der Waals surface area contributed by atoms with E-state index >= 15 is 0 Å². The van der Waals surface area contributed by atoms with Gasteiger partial charge in [0.25, 0.3) is 0 Å². The number of aromatic nitrogens is 3. The third-order valence-electron chi connectivity index (χ3n) is 2.31. The number of hydrogen-bond acceptors (Lipinski definition) is 5. The van der Waals surface area contributed by atoms with Crippen LogP contribution in [0.15, 0.2) is 0 Å². The molecule has 0 radical (unpaired) electrons. The molecule has 8 nitrogen and oxygen atoms in total. The average Bonchev–Trinajstić information content (AvgIpc) is 2.53. The van der Waals surface area contributed by atoms with Crippen LogP contribution in [0.2, 0.25) is 0 Å². The summed E-state index contributed by atoms with van der Waals surface area (Å²) in [5.74, 6) is -0.0351. The average molecular weight is 284 g/mol. The van der Waals surface area contributed by atoms with E-state index < -0.39 is 23.7 Å². The predicted octanol–water partition coefficient (Wildman–Crippen LogP) is 0.873. The van der Waals surface area contributed by atoms with Gasteiger partial charge in [-0.1, -0.05) is 0 Å². The molecule has 0 aliphatic heterocycles. The van der Waals surface area contributed by atoms with E-state index in [2.05, 4.69) is 15.4 Å². The van der Waals surface area contributed by atoms with Gasteiger partial charge >= 0.3 is 12.1 Å². The minimum absolute atomic E-state index is 0.0126. The maximum absolute atomic E-state index is 11.6. The van der Waals surface area contributed by atoms with Gasteiger partial charge in [0, 0.05) is 0 Å². The van der Waals surface area contributed by atoms with Crippen molar-refractivity contribution in [1.29, 1.82) is 0 Å². The quantitative estimate of drug-likeness (QED) is 0.849. The standard InChI is InChI=1S/C12H20N4O4/c1-7-13-8(2)16(15-7)6-9(10(17)18)14-11(19)20-12(3,4)5/h9H,6H2,1-5H3,(H,14,19)(H,17,18). The van der Waals surface area contributed by atoms with E-state index in [0.717, 1.165) is 0 Å². The van der Waals surface area contributed by atoms with Crippen LogP contribution in [0.3, 0.4) is 0 Å². The summed E-state index contributed by atoms with van der Waals surface area (Å²) >= 11 is 0. The van der Waals surface area contributed by atoms with E-state index in [1.807, 2.05) is 0 Å². The monoisotopic (exact) mass is 284 g/mol. The molecule has 0 fully saturated rings. The van der Waals surface area contributed by atoms with E-state index in [-0.39, 0.29) is 6.54 Å². The summed E-state index contributed by atoms with van der Waals surface area (Å²) in [5, 5.41) is 15.5. The molecule has 1 rings (SSSR count). The fraction of sp³-hybridized carbons (Fsp3) is 0.667. The first-order chi connectivity index (χ1) is 9.08. The van der Waals surface area contributed by atoms with Crippen molar-refractivity contribution in [3.63, 3.8) is 0 Å². The van der Waals surface area contributed by atoms with Gasteiger partial charge in [0.2, 0.25) is 0 Å². The van der Waals surface area contributed by atoms with Gasteiger partial charge in [0.1, 0.15) is 23.3 Å². The van der Waals surface area contributed by atoms with Crippen molar-refractivity contribution in [3.05, 3.63) is 11.6 Å². The summed E-state index contributed by atoms with van der Waals surface area (Å²) in [7, 11) is 0. The number of carbonyl (C=O) groups is 2. The first-order valence-corrected chi connectivity index (χ1v) is 6.19. The lowest BCUT2D eigenvalue weighted by Crippen LogP contribution is -2.46.